The van der Waals surface area contributed by atoms with Crippen LogP contribution in [0.5, 0.6) is 0 Å². The number of aliphatic carboxylic acids is 1. The first-order valence-corrected chi connectivity index (χ1v) is 6.93. The molecule has 4 heteroatoms. The van der Waals surface area contributed by atoms with Crippen LogP contribution in [0, 0.1) is 17.8 Å². The first-order valence-electron chi connectivity index (χ1n) is 6.93. The molecule has 4 nitrogen and oxygen atoms in total. The van der Waals surface area contributed by atoms with Gasteiger partial charge in [-0.1, -0.05) is 27.2 Å². The molecule has 1 amide bonds. The second kappa shape index (κ2) is 6.76. The van der Waals surface area contributed by atoms with Gasteiger partial charge in [-0.2, -0.15) is 0 Å². The molecule has 1 rings (SSSR count). The molecule has 1 fully saturated rings. The monoisotopic (exact) mass is 255 g/mol. The van der Waals surface area contributed by atoms with E-state index in [4.69, 9.17) is 5.11 Å². The number of carbonyl (C=O) groups is 2. The maximum Gasteiger partial charge on any atom is 0.303 e. The van der Waals surface area contributed by atoms with Crippen molar-refractivity contribution in [3.8, 4) is 0 Å². The highest BCUT2D eigenvalue weighted by atomic mass is 16.4. The summed E-state index contributed by atoms with van der Waals surface area (Å²) in [6.07, 6.45) is 2.34. The molecule has 1 aliphatic rings. The molecule has 1 saturated heterocycles. The number of likely N-dealkylation sites (tertiary alicyclic amines) is 1. The zero-order valence-electron chi connectivity index (χ0n) is 11.7. The maximum absolute atomic E-state index is 11.9. The van der Waals surface area contributed by atoms with Crippen LogP contribution in [0.4, 0.5) is 0 Å². The van der Waals surface area contributed by atoms with Gasteiger partial charge in [0.25, 0.3) is 0 Å². The third kappa shape index (κ3) is 4.31. The zero-order chi connectivity index (χ0) is 13.7. The molecule has 0 spiro atoms. The molecular weight excluding hydrogens is 230 g/mol. The maximum atomic E-state index is 11.9. The van der Waals surface area contributed by atoms with Gasteiger partial charge < -0.3 is 10.0 Å². The number of nitrogens with zero attached hydrogens (tertiary/aromatic N) is 1. The van der Waals surface area contributed by atoms with E-state index in [1.807, 2.05) is 4.90 Å². The van der Waals surface area contributed by atoms with Crippen LogP contribution in [0.3, 0.4) is 0 Å². The Hall–Kier alpha value is -1.06. The molecule has 0 aromatic carbocycles. The van der Waals surface area contributed by atoms with E-state index >= 15 is 0 Å². The fourth-order valence-electron chi connectivity index (χ4n) is 2.85. The lowest BCUT2D eigenvalue weighted by molar-refractivity contribution is -0.140. The number of carboxylic acid groups (broad SMARTS) is 1. The van der Waals surface area contributed by atoms with Crippen LogP contribution in [0.2, 0.25) is 0 Å². The summed E-state index contributed by atoms with van der Waals surface area (Å²) in [5, 5.41) is 8.60. The number of hydrogen-bond acceptors (Lipinski definition) is 2. The minimum absolute atomic E-state index is 0.00195. The standard InChI is InChI=1S/C14H25NO3/c1-4-11-8-15(9-12(11)7-10(2)3)13(16)5-6-14(17)18/h10-12H,4-9H2,1-3H3,(H,17,18). The van der Waals surface area contributed by atoms with Crippen molar-refractivity contribution in [1.29, 1.82) is 0 Å². The Bertz CT molecular complexity index is 301. The average molecular weight is 255 g/mol. The first-order chi connectivity index (χ1) is 8.43. The number of carbonyl (C=O) groups excluding carboxylic acids is 1. The molecule has 1 heterocycles. The summed E-state index contributed by atoms with van der Waals surface area (Å²) in [4.78, 5) is 24.2. The van der Waals surface area contributed by atoms with Gasteiger partial charge in [-0.05, 0) is 24.2 Å². The minimum atomic E-state index is -0.895. The van der Waals surface area contributed by atoms with Gasteiger partial charge in [0.05, 0.1) is 6.42 Å². The largest absolute Gasteiger partial charge is 0.481 e. The van der Waals surface area contributed by atoms with Crippen LogP contribution in [-0.4, -0.2) is 35.0 Å². The van der Waals surface area contributed by atoms with E-state index in [2.05, 4.69) is 20.8 Å². The average Bonchev–Trinajstić information content (AvgIpc) is 2.68. The summed E-state index contributed by atoms with van der Waals surface area (Å²) in [5.74, 6) is 0.929. The number of hydrogen-bond donors (Lipinski definition) is 1. The minimum Gasteiger partial charge on any atom is -0.481 e. The zero-order valence-corrected chi connectivity index (χ0v) is 11.7. The Labute approximate surface area is 109 Å². The van der Waals surface area contributed by atoms with Crippen LogP contribution in [-0.2, 0) is 9.59 Å². The molecular formula is C14H25NO3. The molecule has 0 saturated carbocycles. The smallest absolute Gasteiger partial charge is 0.303 e. The Kier molecular flexibility index (Phi) is 5.63. The van der Waals surface area contributed by atoms with Gasteiger partial charge >= 0.3 is 5.97 Å². The normalized spacial score (nSPS) is 23.7. The highest BCUT2D eigenvalue weighted by Gasteiger charge is 2.33. The molecule has 2 atom stereocenters. The van der Waals surface area contributed by atoms with Gasteiger partial charge in [-0.3, -0.25) is 9.59 Å². The summed E-state index contributed by atoms with van der Waals surface area (Å²) >= 11 is 0. The van der Waals surface area contributed by atoms with Crippen molar-refractivity contribution < 1.29 is 14.7 Å². The van der Waals surface area contributed by atoms with Gasteiger partial charge in [0.15, 0.2) is 0 Å². The molecule has 0 aromatic heterocycles. The van der Waals surface area contributed by atoms with Crippen molar-refractivity contribution in [2.75, 3.05) is 13.1 Å². The second-order valence-corrected chi connectivity index (χ2v) is 5.75. The molecule has 2 unspecified atom stereocenters. The second-order valence-electron chi connectivity index (χ2n) is 5.75. The topological polar surface area (TPSA) is 57.6 Å². The van der Waals surface area contributed by atoms with E-state index in [1.54, 1.807) is 0 Å². The predicted molar refractivity (Wildman–Crippen MR) is 70.2 cm³/mol. The quantitative estimate of drug-likeness (QED) is 0.792. The Morgan fingerprint density at radius 2 is 1.83 bits per heavy atom. The van der Waals surface area contributed by atoms with Crippen molar-refractivity contribution in [1.82, 2.24) is 4.90 Å². The number of amides is 1. The molecule has 0 radical (unpaired) electrons. The van der Waals surface area contributed by atoms with Crippen molar-refractivity contribution in [2.24, 2.45) is 17.8 Å². The summed E-state index contributed by atoms with van der Waals surface area (Å²) in [7, 11) is 0. The third-order valence-electron chi connectivity index (χ3n) is 3.78. The van der Waals surface area contributed by atoms with E-state index in [1.165, 1.54) is 0 Å². The summed E-state index contributed by atoms with van der Waals surface area (Å²) < 4.78 is 0. The molecule has 1 aliphatic heterocycles. The molecule has 104 valence electrons. The van der Waals surface area contributed by atoms with E-state index in [9.17, 15) is 9.59 Å². The van der Waals surface area contributed by atoms with Crippen LogP contribution in [0.25, 0.3) is 0 Å². The van der Waals surface area contributed by atoms with E-state index in [0.29, 0.717) is 17.8 Å². The summed E-state index contributed by atoms with van der Waals surface area (Å²) in [5.41, 5.74) is 0. The SMILES string of the molecule is CCC1CN(C(=O)CCC(=O)O)CC1CC(C)C. The molecule has 1 N–H and O–H groups in total. The van der Waals surface area contributed by atoms with Crippen LogP contribution >= 0.6 is 0 Å². The van der Waals surface area contributed by atoms with Crippen molar-refractivity contribution in [2.45, 2.75) is 46.5 Å². The van der Waals surface area contributed by atoms with Crippen molar-refractivity contribution in [3.05, 3.63) is 0 Å². The highest BCUT2D eigenvalue weighted by Crippen LogP contribution is 2.31. The predicted octanol–water partition coefficient (Wildman–Crippen LogP) is 2.38. The molecule has 0 bridgehead atoms. The summed E-state index contributed by atoms with van der Waals surface area (Å²) in [6, 6.07) is 0. The Morgan fingerprint density at radius 3 is 2.33 bits per heavy atom. The lowest BCUT2D eigenvalue weighted by Gasteiger charge is -2.18. The van der Waals surface area contributed by atoms with Crippen molar-refractivity contribution in [3.63, 3.8) is 0 Å². The van der Waals surface area contributed by atoms with Gasteiger partial charge in [0.1, 0.15) is 0 Å². The van der Waals surface area contributed by atoms with E-state index in [0.717, 1.165) is 25.9 Å². The fraction of sp³-hybridized carbons (Fsp3) is 0.857. The molecule has 18 heavy (non-hydrogen) atoms. The van der Waals surface area contributed by atoms with E-state index in [-0.39, 0.29) is 18.7 Å². The third-order valence-corrected chi connectivity index (χ3v) is 3.78. The van der Waals surface area contributed by atoms with Crippen LogP contribution in [0.1, 0.15) is 46.5 Å². The van der Waals surface area contributed by atoms with Gasteiger partial charge in [0.2, 0.25) is 5.91 Å². The van der Waals surface area contributed by atoms with Crippen molar-refractivity contribution >= 4 is 11.9 Å². The highest BCUT2D eigenvalue weighted by molar-refractivity contribution is 5.80. The lowest BCUT2D eigenvalue weighted by atomic mass is 9.87. The fourth-order valence-corrected chi connectivity index (χ4v) is 2.85. The number of carboxylic acids is 1. The van der Waals surface area contributed by atoms with Gasteiger partial charge in [-0.25, -0.2) is 0 Å². The van der Waals surface area contributed by atoms with Gasteiger partial charge in [0, 0.05) is 19.5 Å². The molecule has 0 aromatic rings. The Balaban J connectivity index is 2.49. The van der Waals surface area contributed by atoms with Gasteiger partial charge in [-0.15, -0.1) is 0 Å². The Morgan fingerprint density at radius 1 is 1.22 bits per heavy atom. The first kappa shape index (κ1) is 15.0. The van der Waals surface area contributed by atoms with Crippen LogP contribution < -0.4 is 0 Å². The van der Waals surface area contributed by atoms with Crippen LogP contribution in [0.15, 0.2) is 0 Å². The lowest BCUT2D eigenvalue weighted by Crippen LogP contribution is -2.29. The van der Waals surface area contributed by atoms with E-state index < -0.39 is 5.97 Å². The number of rotatable bonds is 6. The molecule has 0 aliphatic carbocycles. The summed E-state index contributed by atoms with van der Waals surface area (Å²) in [6.45, 7) is 8.22.